The maximum absolute atomic E-state index is 12.4. The second-order valence-electron chi connectivity index (χ2n) is 6.10. The molecule has 0 aromatic heterocycles. The topological polar surface area (TPSA) is 78.5 Å². The molecule has 1 amide bonds. The minimum absolute atomic E-state index is 0. The molecule has 130 valence electrons. The lowest BCUT2D eigenvalue weighted by molar-refractivity contribution is -0.132. The molecule has 22 heavy (non-hydrogen) atoms. The molecule has 0 saturated carbocycles. The number of likely N-dealkylation sites (tertiary alicyclic amines) is 1. The van der Waals surface area contributed by atoms with Crippen molar-refractivity contribution in [1.82, 2.24) is 14.9 Å². The average Bonchev–Trinajstić information content (AvgIpc) is 2.93. The average molecular weight is 354 g/mol. The number of rotatable bonds is 6. The minimum atomic E-state index is -3.26. The monoisotopic (exact) mass is 353 g/mol. The lowest BCUT2D eigenvalue weighted by Gasteiger charge is -2.26. The van der Waals surface area contributed by atoms with Crippen molar-refractivity contribution >= 4 is 28.3 Å². The van der Waals surface area contributed by atoms with Gasteiger partial charge in [0.2, 0.25) is 15.9 Å². The van der Waals surface area contributed by atoms with E-state index in [4.69, 9.17) is 0 Å². The Labute approximate surface area is 139 Å². The zero-order valence-corrected chi connectivity index (χ0v) is 14.8. The van der Waals surface area contributed by atoms with E-state index in [1.807, 2.05) is 0 Å². The van der Waals surface area contributed by atoms with Gasteiger partial charge in [0.25, 0.3) is 0 Å². The number of hydrogen-bond acceptors (Lipinski definition) is 4. The number of piperidine rings is 1. The summed E-state index contributed by atoms with van der Waals surface area (Å²) in [6.45, 7) is 2.80. The first kappa shape index (κ1) is 19.7. The quantitative estimate of drug-likeness (QED) is 0.737. The Hall–Kier alpha value is -0.370. The van der Waals surface area contributed by atoms with Crippen molar-refractivity contribution in [2.24, 2.45) is 5.92 Å². The summed E-state index contributed by atoms with van der Waals surface area (Å²) in [5.74, 6) is 0.794. The normalized spacial score (nSPS) is 23.3. The number of nitrogens with one attached hydrogen (secondary N) is 2. The second kappa shape index (κ2) is 9.05. The molecule has 2 heterocycles. The Morgan fingerprint density at radius 2 is 1.95 bits per heavy atom. The molecule has 0 aromatic carbocycles. The highest BCUT2D eigenvalue weighted by Crippen LogP contribution is 2.23. The zero-order valence-electron chi connectivity index (χ0n) is 13.2. The molecule has 2 aliphatic rings. The lowest BCUT2D eigenvalue weighted by Crippen LogP contribution is -2.42. The predicted molar refractivity (Wildman–Crippen MR) is 89.7 cm³/mol. The Morgan fingerprint density at radius 1 is 1.27 bits per heavy atom. The van der Waals surface area contributed by atoms with Crippen LogP contribution in [0.2, 0.25) is 0 Å². The van der Waals surface area contributed by atoms with Crippen LogP contribution in [0.5, 0.6) is 0 Å². The summed E-state index contributed by atoms with van der Waals surface area (Å²) in [7, 11) is -1.83. The minimum Gasteiger partial charge on any atom is -0.339 e. The smallest absolute Gasteiger partial charge is 0.222 e. The third kappa shape index (κ3) is 5.68. The summed E-state index contributed by atoms with van der Waals surface area (Å²) in [6.07, 6.45) is 5.47. The van der Waals surface area contributed by atoms with Gasteiger partial charge in [-0.15, -0.1) is 12.4 Å². The Morgan fingerprint density at radius 3 is 2.59 bits per heavy atom. The van der Waals surface area contributed by atoms with Crippen molar-refractivity contribution in [2.45, 2.75) is 44.6 Å². The van der Waals surface area contributed by atoms with Gasteiger partial charge in [-0.05, 0) is 58.2 Å². The van der Waals surface area contributed by atoms with Crippen LogP contribution in [0, 0.1) is 5.92 Å². The molecule has 2 aliphatic heterocycles. The number of hydrogen-bond donors (Lipinski definition) is 2. The summed E-state index contributed by atoms with van der Waals surface area (Å²) in [6, 6.07) is -0.150. The third-order valence-electron chi connectivity index (χ3n) is 4.65. The standard InChI is InChI=1S/C14H27N3O3S.ClH/c1-15-21(19,20)11-13-3-2-10-17(13)14(18)5-4-12-6-8-16-9-7-12;/h12-13,15-16H,2-11H2,1H3;1H. The summed E-state index contributed by atoms with van der Waals surface area (Å²) in [4.78, 5) is 14.2. The molecule has 6 nitrogen and oxygen atoms in total. The van der Waals surface area contributed by atoms with Crippen LogP contribution in [0.4, 0.5) is 0 Å². The van der Waals surface area contributed by atoms with Crippen molar-refractivity contribution in [1.29, 1.82) is 0 Å². The fraction of sp³-hybridized carbons (Fsp3) is 0.929. The lowest BCUT2D eigenvalue weighted by atomic mass is 9.93. The first-order chi connectivity index (χ1) is 10.0. The Balaban J connectivity index is 0.00000242. The number of nitrogens with zero attached hydrogens (tertiary/aromatic N) is 1. The summed E-state index contributed by atoms with van der Waals surface area (Å²) in [5, 5.41) is 3.33. The number of carbonyl (C=O) groups is 1. The van der Waals surface area contributed by atoms with Gasteiger partial charge in [0, 0.05) is 19.0 Å². The highest BCUT2D eigenvalue weighted by molar-refractivity contribution is 7.89. The maximum Gasteiger partial charge on any atom is 0.222 e. The summed E-state index contributed by atoms with van der Waals surface area (Å²) < 4.78 is 25.7. The molecular weight excluding hydrogens is 326 g/mol. The zero-order chi connectivity index (χ0) is 15.3. The van der Waals surface area contributed by atoms with Gasteiger partial charge in [-0.1, -0.05) is 0 Å². The van der Waals surface area contributed by atoms with Gasteiger partial charge in [0.15, 0.2) is 0 Å². The van der Waals surface area contributed by atoms with E-state index in [0.717, 1.165) is 45.2 Å². The second-order valence-corrected chi connectivity index (χ2v) is 8.07. The summed E-state index contributed by atoms with van der Waals surface area (Å²) >= 11 is 0. The molecule has 0 radical (unpaired) electrons. The van der Waals surface area contributed by atoms with Gasteiger partial charge in [-0.2, -0.15) is 0 Å². The van der Waals surface area contributed by atoms with Gasteiger partial charge >= 0.3 is 0 Å². The third-order valence-corrected chi connectivity index (χ3v) is 6.09. The van der Waals surface area contributed by atoms with Crippen LogP contribution < -0.4 is 10.0 Å². The van der Waals surface area contributed by atoms with Crippen LogP contribution in [-0.2, 0) is 14.8 Å². The molecule has 0 spiro atoms. The van der Waals surface area contributed by atoms with Crippen molar-refractivity contribution < 1.29 is 13.2 Å². The molecule has 2 rings (SSSR count). The number of sulfonamides is 1. The van der Waals surface area contributed by atoms with E-state index in [9.17, 15) is 13.2 Å². The van der Waals surface area contributed by atoms with Crippen LogP contribution in [0.1, 0.15) is 38.5 Å². The molecule has 2 N–H and O–H groups in total. The van der Waals surface area contributed by atoms with Gasteiger partial charge < -0.3 is 10.2 Å². The van der Waals surface area contributed by atoms with Crippen LogP contribution in [0.15, 0.2) is 0 Å². The first-order valence-corrected chi connectivity index (χ1v) is 9.58. The van der Waals surface area contributed by atoms with E-state index in [1.165, 1.54) is 7.05 Å². The van der Waals surface area contributed by atoms with E-state index in [1.54, 1.807) is 4.90 Å². The SMILES string of the molecule is CNS(=O)(=O)CC1CCCN1C(=O)CCC1CCNCC1.Cl. The first-order valence-electron chi connectivity index (χ1n) is 7.93. The van der Waals surface area contributed by atoms with Crippen LogP contribution in [-0.4, -0.2) is 57.7 Å². The van der Waals surface area contributed by atoms with E-state index in [2.05, 4.69) is 10.0 Å². The number of halogens is 1. The van der Waals surface area contributed by atoms with E-state index in [0.29, 0.717) is 18.9 Å². The van der Waals surface area contributed by atoms with E-state index < -0.39 is 10.0 Å². The van der Waals surface area contributed by atoms with Gasteiger partial charge in [0.05, 0.1) is 5.75 Å². The van der Waals surface area contributed by atoms with Crippen molar-refractivity contribution in [3.63, 3.8) is 0 Å². The maximum atomic E-state index is 12.4. The van der Waals surface area contributed by atoms with Crippen LogP contribution in [0.3, 0.4) is 0 Å². The highest BCUT2D eigenvalue weighted by atomic mass is 35.5. The molecule has 1 atom stereocenters. The molecule has 2 saturated heterocycles. The van der Waals surface area contributed by atoms with E-state index in [-0.39, 0.29) is 30.1 Å². The molecule has 1 unspecified atom stereocenters. The van der Waals surface area contributed by atoms with E-state index >= 15 is 0 Å². The Bertz CT molecular complexity index is 452. The van der Waals surface area contributed by atoms with Crippen molar-refractivity contribution in [3.8, 4) is 0 Å². The fourth-order valence-electron chi connectivity index (χ4n) is 3.32. The summed E-state index contributed by atoms with van der Waals surface area (Å²) in [5.41, 5.74) is 0. The largest absolute Gasteiger partial charge is 0.339 e. The van der Waals surface area contributed by atoms with Crippen molar-refractivity contribution in [2.75, 3.05) is 32.4 Å². The molecular formula is C14H28ClN3O3S. The van der Waals surface area contributed by atoms with Crippen molar-refractivity contribution in [3.05, 3.63) is 0 Å². The molecule has 0 aliphatic carbocycles. The fourth-order valence-corrected chi connectivity index (χ4v) is 4.34. The number of carbonyl (C=O) groups excluding carboxylic acids is 1. The molecule has 0 aromatic rings. The van der Waals surface area contributed by atoms with Gasteiger partial charge in [-0.25, -0.2) is 13.1 Å². The highest BCUT2D eigenvalue weighted by Gasteiger charge is 2.32. The Kier molecular flexibility index (Phi) is 8.10. The predicted octanol–water partition coefficient (Wildman–Crippen LogP) is 0.728. The number of amides is 1. The molecule has 0 bridgehead atoms. The molecule has 8 heteroatoms. The van der Waals surface area contributed by atoms with Crippen LogP contribution in [0.25, 0.3) is 0 Å². The van der Waals surface area contributed by atoms with Gasteiger partial charge in [-0.3, -0.25) is 4.79 Å². The molecule has 2 fully saturated rings. The van der Waals surface area contributed by atoms with Crippen LogP contribution >= 0.6 is 12.4 Å². The van der Waals surface area contributed by atoms with Gasteiger partial charge in [0.1, 0.15) is 0 Å².